The number of aryl methyl sites for hydroxylation is 3. The summed E-state index contributed by atoms with van der Waals surface area (Å²) in [5.41, 5.74) is 3.39. The van der Waals surface area contributed by atoms with E-state index in [0.717, 1.165) is 36.5 Å². The number of hydrogen-bond donors (Lipinski definition) is 1. The molecule has 1 amide bonds. The van der Waals surface area contributed by atoms with Crippen LogP contribution in [-0.4, -0.2) is 43.1 Å². The van der Waals surface area contributed by atoms with Crippen molar-refractivity contribution in [3.63, 3.8) is 0 Å². The quantitative estimate of drug-likeness (QED) is 0.915. The van der Waals surface area contributed by atoms with Gasteiger partial charge in [0.15, 0.2) is 6.61 Å². The minimum absolute atomic E-state index is 0.0679. The summed E-state index contributed by atoms with van der Waals surface area (Å²) in [5, 5.41) is 3.28. The summed E-state index contributed by atoms with van der Waals surface area (Å²) in [4.78, 5) is 14.1. The van der Waals surface area contributed by atoms with E-state index in [1.165, 1.54) is 5.56 Å². The van der Waals surface area contributed by atoms with E-state index < -0.39 is 0 Å². The number of nitrogens with one attached hydrogen (secondary N) is 1. The normalized spacial score (nSPS) is 19.0. The third-order valence-corrected chi connectivity index (χ3v) is 3.77. The Labute approximate surface area is 121 Å². The average molecular weight is 276 g/mol. The molecule has 4 nitrogen and oxygen atoms in total. The fourth-order valence-electron chi connectivity index (χ4n) is 2.82. The number of ether oxygens (including phenoxy) is 1. The van der Waals surface area contributed by atoms with Crippen LogP contribution in [0.15, 0.2) is 12.1 Å². The molecule has 1 atom stereocenters. The standard InChI is InChI=1S/C16H24N2O2/c1-11-7-12(2)16(13(3)8-11)20-10-15(19)18-6-5-17-9-14(18)4/h7-8,14,17H,5-6,9-10H2,1-4H3/t14-/m1/s1. The van der Waals surface area contributed by atoms with Crippen molar-refractivity contribution in [2.24, 2.45) is 0 Å². The molecule has 110 valence electrons. The maximum absolute atomic E-state index is 12.2. The molecule has 0 aromatic heterocycles. The van der Waals surface area contributed by atoms with Crippen LogP contribution in [0.25, 0.3) is 0 Å². The second kappa shape index (κ2) is 6.27. The molecule has 1 N–H and O–H groups in total. The predicted octanol–water partition coefficient (Wildman–Crippen LogP) is 1.81. The fourth-order valence-corrected chi connectivity index (χ4v) is 2.82. The summed E-state index contributed by atoms with van der Waals surface area (Å²) in [7, 11) is 0. The molecule has 1 aliphatic heterocycles. The van der Waals surface area contributed by atoms with Crippen LogP contribution in [0.4, 0.5) is 0 Å². The van der Waals surface area contributed by atoms with Gasteiger partial charge in [-0.1, -0.05) is 17.7 Å². The third-order valence-electron chi connectivity index (χ3n) is 3.77. The minimum atomic E-state index is 0.0679. The van der Waals surface area contributed by atoms with Crippen LogP contribution in [0.5, 0.6) is 5.75 Å². The van der Waals surface area contributed by atoms with Crippen molar-refractivity contribution in [1.29, 1.82) is 0 Å². The monoisotopic (exact) mass is 276 g/mol. The summed E-state index contributed by atoms with van der Waals surface area (Å²) >= 11 is 0. The van der Waals surface area contributed by atoms with E-state index in [4.69, 9.17) is 4.74 Å². The van der Waals surface area contributed by atoms with Gasteiger partial charge in [0.05, 0.1) is 0 Å². The molecule has 4 heteroatoms. The number of nitrogens with zero attached hydrogens (tertiary/aromatic N) is 1. The highest BCUT2D eigenvalue weighted by molar-refractivity contribution is 5.78. The first-order chi connectivity index (χ1) is 9.49. The van der Waals surface area contributed by atoms with Crippen molar-refractivity contribution < 1.29 is 9.53 Å². The first-order valence-electron chi connectivity index (χ1n) is 7.20. The van der Waals surface area contributed by atoms with Gasteiger partial charge in [0.25, 0.3) is 5.91 Å². The van der Waals surface area contributed by atoms with Crippen molar-refractivity contribution in [1.82, 2.24) is 10.2 Å². The molecule has 0 bridgehead atoms. The number of piperazine rings is 1. The molecular formula is C16H24N2O2. The van der Waals surface area contributed by atoms with Gasteiger partial charge in [-0.15, -0.1) is 0 Å². The molecular weight excluding hydrogens is 252 g/mol. The van der Waals surface area contributed by atoms with E-state index in [-0.39, 0.29) is 18.6 Å². The van der Waals surface area contributed by atoms with Crippen molar-refractivity contribution in [3.05, 3.63) is 28.8 Å². The number of carbonyl (C=O) groups is 1. The van der Waals surface area contributed by atoms with E-state index in [2.05, 4.69) is 31.3 Å². The molecule has 1 heterocycles. The minimum Gasteiger partial charge on any atom is -0.483 e. The molecule has 1 saturated heterocycles. The molecule has 20 heavy (non-hydrogen) atoms. The van der Waals surface area contributed by atoms with Gasteiger partial charge in [-0.25, -0.2) is 0 Å². The zero-order chi connectivity index (χ0) is 14.7. The fraction of sp³-hybridized carbons (Fsp3) is 0.562. The van der Waals surface area contributed by atoms with Crippen molar-refractivity contribution >= 4 is 5.91 Å². The number of hydrogen-bond acceptors (Lipinski definition) is 3. The largest absolute Gasteiger partial charge is 0.483 e. The van der Waals surface area contributed by atoms with Gasteiger partial charge in [0.2, 0.25) is 0 Å². The van der Waals surface area contributed by atoms with Crippen LogP contribution in [0.3, 0.4) is 0 Å². The van der Waals surface area contributed by atoms with Crippen LogP contribution in [-0.2, 0) is 4.79 Å². The van der Waals surface area contributed by atoms with E-state index in [0.29, 0.717) is 0 Å². The molecule has 2 rings (SSSR count). The van der Waals surface area contributed by atoms with Crippen molar-refractivity contribution in [2.45, 2.75) is 33.7 Å². The zero-order valence-electron chi connectivity index (χ0n) is 12.8. The molecule has 1 aromatic rings. The third kappa shape index (κ3) is 3.31. The topological polar surface area (TPSA) is 41.6 Å². The number of amides is 1. The van der Waals surface area contributed by atoms with Gasteiger partial charge in [-0.05, 0) is 38.8 Å². The first-order valence-corrected chi connectivity index (χ1v) is 7.20. The summed E-state index contributed by atoms with van der Waals surface area (Å²) in [6.45, 7) is 10.8. The zero-order valence-corrected chi connectivity index (χ0v) is 12.8. The Bertz CT molecular complexity index is 476. The second-order valence-electron chi connectivity index (χ2n) is 5.66. The Kier molecular flexibility index (Phi) is 4.65. The maximum atomic E-state index is 12.2. The number of carbonyl (C=O) groups excluding carboxylic acids is 1. The van der Waals surface area contributed by atoms with Crippen LogP contribution < -0.4 is 10.1 Å². The Balaban J connectivity index is 2.00. The second-order valence-corrected chi connectivity index (χ2v) is 5.66. The van der Waals surface area contributed by atoms with Gasteiger partial charge in [-0.2, -0.15) is 0 Å². The van der Waals surface area contributed by atoms with Gasteiger partial charge in [-0.3, -0.25) is 4.79 Å². The Morgan fingerprint density at radius 1 is 1.35 bits per heavy atom. The van der Waals surface area contributed by atoms with E-state index in [9.17, 15) is 4.79 Å². The Hall–Kier alpha value is -1.55. The van der Waals surface area contributed by atoms with Crippen LogP contribution in [0.2, 0.25) is 0 Å². The summed E-state index contributed by atoms with van der Waals surface area (Å²) in [5.74, 6) is 0.908. The van der Waals surface area contributed by atoms with Crippen LogP contribution >= 0.6 is 0 Å². The van der Waals surface area contributed by atoms with Gasteiger partial charge in [0.1, 0.15) is 5.75 Å². The average Bonchev–Trinajstić information content (AvgIpc) is 2.37. The SMILES string of the molecule is Cc1cc(C)c(OCC(=O)N2CCNC[C@H]2C)c(C)c1. The van der Waals surface area contributed by atoms with Gasteiger partial charge < -0.3 is 15.0 Å². The smallest absolute Gasteiger partial charge is 0.260 e. The molecule has 1 fully saturated rings. The lowest BCUT2D eigenvalue weighted by Crippen LogP contribution is -2.53. The van der Waals surface area contributed by atoms with E-state index >= 15 is 0 Å². The highest BCUT2D eigenvalue weighted by Gasteiger charge is 2.23. The highest BCUT2D eigenvalue weighted by Crippen LogP contribution is 2.24. The molecule has 0 spiro atoms. The lowest BCUT2D eigenvalue weighted by atomic mass is 10.1. The highest BCUT2D eigenvalue weighted by atomic mass is 16.5. The Morgan fingerprint density at radius 2 is 2.00 bits per heavy atom. The molecule has 0 radical (unpaired) electrons. The molecule has 0 aliphatic carbocycles. The van der Waals surface area contributed by atoms with E-state index in [1.54, 1.807) is 0 Å². The van der Waals surface area contributed by atoms with Gasteiger partial charge >= 0.3 is 0 Å². The summed E-state index contributed by atoms with van der Waals surface area (Å²) in [6, 6.07) is 4.40. The summed E-state index contributed by atoms with van der Waals surface area (Å²) < 4.78 is 5.77. The van der Waals surface area contributed by atoms with Crippen LogP contribution in [0, 0.1) is 20.8 Å². The first kappa shape index (κ1) is 14.9. The summed E-state index contributed by atoms with van der Waals surface area (Å²) in [6.07, 6.45) is 0. The molecule has 0 unspecified atom stereocenters. The molecule has 1 aliphatic rings. The lowest BCUT2D eigenvalue weighted by molar-refractivity contribution is -0.136. The Morgan fingerprint density at radius 3 is 2.60 bits per heavy atom. The van der Waals surface area contributed by atoms with Crippen LogP contribution in [0.1, 0.15) is 23.6 Å². The predicted molar refractivity (Wildman–Crippen MR) is 80.2 cm³/mol. The van der Waals surface area contributed by atoms with E-state index in [1.807, 2.05) is 18.7 Å². The van der Waals surface area contributed by atoms with Gasteiger partial charge in [0, 0.05) is 25.7 Å². The number of rotatable bonds is 3. The number of benzene rings is 1. The van der Waals surface area contributed by atoms with Crippen molar-refractivity contribution in [3.8, 4) is 5.75 Å². The lowest BCUT2D eigenvalue weighted by Gasteiger charge is -2.34. The molecule has 0 saturated carbocycles. The maximum Gasteiger partial charge on any atom is 0.260 e. The molecule has 1 aromatic carbocycles. The van der Waals surface area contributed by atoms with Crippen molar-refractivity contribution in [2.75, 3.05) is 26.2 Å².